The maximum atomic E-state index is 4.15. The van der Waals surface area contributed by atoms with Gasteiger partial charge in [-0.3, -0.25) is 0 Å². The number of nitrogens with one attached hydrogen (secondary N) is 1. The van der Waals surface area contributed by atoms with Gasteiger partial charge in [0.25, 0.3) is 0 Å². The molecule has 14 heavy (non-hydrogen) atoms. The summed E-state index contributed by atoms with van der Waals surface area (Å²) in [5, 5.41) is 3.39. The Morgan fingerprint density at radius 1 is 1.50 bits per heavy atom. The minimum absolute atomic E-state index is 0.547. The summed E-state index contributed by atoms with van der Waals surface area (Å²) in [6.07, 6.45) is 8.74. The van der Waals surface area contributed by atoms with Crippen molar-refractivity contribution in [3.63, 3.8) is 0 Å². The Labute approximate surface area is 85.0 Å². The average molecular weight is 191 g/mol. The third kappa shape index (κ3) is 1.86. The van der Waals surface area contributed by atoms with E-state index in [4.69, 9.17) is 0 Å². The molecule has 3 nitrogen and oxygen atoms in total. The summed E-state index contributed by atoms with van der Waals surface area (Å²) in [5.41, 5.74) is 0.547. The van der Waals surface area contributed by atoms with E-state index in [0.29, 0.717) is 5.41 Å². The first kappa shape index (κ1) is 9.44. The van der Waals surface area contributed by atoms with Crippen molar-refractivity contribution < 1.29 is 0 Å². The second-order valence-electron chi connectivity index (χ2n) is 4.16. The van der Waals surface area contributed by atoms with Crippen LogP contribution >= 0.6 is 0 Å². The smallest absolute Gasteiger partial charge is 0.129 e. The molecular formula is C11H17N3. The minimum atomic E-state index is 0.547. The summed E-state index contributed by atoms with van der Waals surface area (Å²) in [4.78, 5) is 8.05. The molecule has 1 fully saturated rings. The summed E-state index contributed by atoms with van der Waals surface area (Å²) in [6.45, 7) is 3.33. The molecule has 0 aliphatic heterocycles. The fraction of sp³-hybridized carbons (Fsp3) is 0.636. The molecular weight excluding hydrogens is 174 g/mol. The van der Waals surface area contributed by atoms with E-state index in [1.165, 1.54) is 25.7 Å². The molecule has 0 aromatic carbocycles. The number of rotatable bonds is 4. The zero-order chi connectivity index (χ0) is 9.86. The van der Waals surface area contributed by atoms with Gasteiger partial charge in [-0.05, 0) is 30.7 Å². The Bertz CT molecular complexity index is 274. The third-order valence-corrected chi connectivity index (χ3v) is 3.39. The summed E-state index contributed by atoms with van der Waals surface area (Å²) in [7, 11) is 0. The van der Waals surface area contributed by atoms with Crippen LogP contribution < -0.4 is 5.32 Å². The molecule has 0 amide bonds. The Hall–Kier alpha value is -1.12. The maximum absolute atomic E-state index is 4.15. The Kier molecular flexibility index (Phi) is 2.66. The zero-order valence-corrected chi connectivity index (χ0v) is 8.66. The molecule has 0 spiro atoms. The van der Waals surface area contributed by atoms with Gasteiger partial charge < -0.3 is 5.32 Å². The van der Waals surface area contributed by atoms with Gasteiger partial charge in [0.1, 0.15) is 12.1 Å². The van der Waals surface area contributed by atoms with Gasteiger partial charge in [0.15, 0.2) is 0 Å². The first-order valence-corrected chi connectivity index (χ1v) is 5.35. The Balaban J connectivity index is 1.88. The van der Waals surface area contributed by atoms with Gasteiger partial charge in [-0.15, -0.1) is 0 Å². The number of hydrogen-bond donors (Lipinski definition) is 1. The van der Waals surface area contributed by atoms with Gasteiger partial charge in [0.2, 0.25) is 0 Å². The monoisotopic (exact) mass is 191 g/mol. The lowest BCUT2D eigenvalue weighted by Crippen LogP contribution is -2.36. The van der Waals surface area contributed by atoms with Crippen molar-refractivity contribution in [1.82, 2.24) is 9.97 Å². The van der Waals surface area contributed by atoms with E-state index in [-0.39, 0.29) is 0 Å². The lowest BCUT2D eigenvalue weighted by Gasteiger charge is -2.41. The summed E-state index contributed by atoms with van der Waals surface area (Å²) in [6, 6.07) is 1.92. The minimum Gasteiger partial charge on any atom is -0.369 e. The van der Waals surface area contributed by atoms with Gasteiger partial charge in [0, 0.05) is 12.7 Å². The van der Waals surface area contributed by atoms with Crippen molar-refractivity contribution in [1.29, 1.82) is 0 Å². The number of aromatic nitrogens is 2. The molecule has 0 radical (unpaired) electrons. The SMILES string of the molecule is CCC1(CNc2ccncn2)CCC1. The van der Waals surface area contributed by atoms with Crippen molar-refractivity contribution in [2.75, 3.05) is 11.9 Å². The van der Waals surface area contributed by atoms with Crippen LogP contribution in [0.1, 0.15) is 32.6 Å². The second-order valence-corrected chi connectivity index (χ2v) is 4.16. The highest BCUT2D eigenvalue weighted by Crippen LogP contribution is 2.43. The predicted octanol–water partition coefficient (Wildman–Crippen LogP) is 2.47. The van der Waals surface area contributed by atoms with Crippen molar-refractivity contribution in [2.24, 2.45) is 5.41 Å². The molecule has 2 rings (SSSR count). The van der Waals surface area contributed by atoms with E-state index in [1.807, 2.05) is 6.07 Å². The van der Waals surface area contributed by atoms with E-state index in [0.717, 1.165) is 12.4 Å². The number of anilines is 1. The molecule has 1 heterocycles. The Morgan fingerprint density at radius 3 is 2.86 bits per heavy atom. The van der Waals surface area contributed by atoms with Crippen LogP contribution in [0.2, 0.25) is 0 Å². The zero-order valence-electron chi connectivity index (χ0n) is 8.66. The second kappa shape index (κ2) is 3.95. The fourth-order valence-corrected chi connectivity index (χ4v) is 2.01. The van der Waals surface area contributed by atoms with Gasteiger partial charge in [-0.1, -0.05) is 13.3 Å². The van der Waals surface area contributed by atoms with Crippen LogP contribution in [0.5, 0.6) is 0 Å². The topological polar surface area (TPSA) is 37.8 Å². The van der Waals surface area contributed by atoms with Gasteiger partial charge in [0.05, 0.1) is 0 Å². The quantitative estimate of drug-likeness (QED) is 0.794. The molecule has 1 aliphatic rings. The van der Waals surface area contributed by atoms with Crippen molar-refractivity contribution in [2.45, 2.75) is 32.6 Å². The van der Waals surface area contributed by atoms with Gasteiger partial charge in [-0.2, -0.15) is 0 Å². The molecule has 0 unspecified atom stereocenters. The van der Waals surface area contributed by atoms with Crippen molar-refractivity contribution >= 4 is 5.82 Å². The summed E-state index contributed by atoms with van der Waals surface area (Å²) in [5.74, 6) is 0.944. The van der Waals surface area contributed by atoms with Crippen LogP contribution in [0.25, 0.3) is 0 Å². The highest BCUT2D eigenvalue weighted by Gasteiger charge is 2.34. The van der Waals surface area contributed by atoms with E-state index in [2.05, 4.69) is 22.2 Å². The van der Waals surface area contributed by atoms with Crippen molar-refractivity contribution in [3.8, 4) is 0 Å². The Morgan fingerprint density at radius 2 is 2.36 bits per heavy atom. The average Bonchev–Trinajstić information content (AvgIpc) is 2.19. The van der Waals surface area contributed by atoms with Gasteiger partial charge in [-0.25, -0.2) is 9.97 Å². The van der Waals surface area contributed by atoms with E-state index >= 15 is 0 Å². The first-order chi connectivity index (χ1) is 6.85. The fourth-order valence-electron chi connectivity index (χ4n) is 2.01. The van der Waals surface area contributed by atoms with Crippen LogP contribution in [0.3, 0.4) is 0 Å². The molecule has 1 aromatic heterocycles. The third-order valence-electron chi connectivity index (χ3n) is 3.39. The molecule has 1 aliphatic carbocycles. The lowest BCUT2D eigenvalue weighted by atomic mass is 9.67. The van der Waals surface area contributed by atoms with Gasteiger partial charge >= 0.3 is 0 Å². The standard InChI is InChI=1S/C11H17N3/c1-2-11(5-3-6-11)8-13-10-4-7-12-9-14-10/h4,7,9H,2-3,5-6,8H2,1H3,(H,12,13,14). The predicted molar refractivity (Wildman–Crippen MR) is 57.1 cm³/mol. The summed E-state index contributed by atoms with van der Waals surface area (Å²) >= 11 is 0. The molecule has 1 N–H and O–H groups in total. The summed E-state index contributed by atoms with van der Waals surface area (Å²) < 4.78 is 0. The highest BCUT2D eigenvalue weighted by molar-refractivity contribution is 5.32. The largest absolute Gasteiger partial charge is 0.369 e. The van der Waals surface area contributed by atoms with E-state index in [9.17, 15) is 0 Å². The van der Waals surface area contributed by atoms with E-state index in [1.54, 1.807) is 12.5 Å². The van der Waals surface area contributed by atoms with Crippen LogP contribution in [-0.2, 0) is 0 Å². The molecule has 0 bridgehead atoms. The number of nitrogens with zero attached hydrogens (tertiary/aromatic N) is 2. The highest BCUT2D eigenvalue weighted by atomic mass is 15.0. The molecule has 1 saturated carbocycles. The van der Waals surface area contributed by atoms with Crippen molar-refractivity contribution in [3.05, 3.63) is 18.6 Å². The van der Waals surface area contributed by atoms with Crippen LogP contribution in [0.15, 0.2) is 18.6 Å². The van der Waals surface area contributed by atoms with Crippen LogP contribution in [0.4, 0.5) is 5.82 Å². The van der Waals surface area contributed by atoms with Crippen LogP contribution in [-0.4, -0.2) is 16.5 Å². The normalized spacial score (nSPS) is 18.6. The van der Waals surface area contributed by atoms with Crippen LogP contribution in [0, 0.1) is 5.41 Å². The molecule has 76 valence electrons. The molecule has 3 heteroatoms. The maximum Gasteiger partial charge on any atom is 0.129 e. The molecule has 1 aromatic rings. The first-order valence-electron chi connectivity index (χ1n) is 5.35. The number of hydrogen-bond acceptors (Lipinski definition) is 3. The lowest BCUT2D eigenvalue weighted by molar-refractivity contribution is 0.145. The molecule has 0 atom stereocenters. The van der Waals surface area contributed by atoms with E-state index < -0.39 is 0 Å². The molecule has 0 saturated heterocycles.